The third kappa shape index (κ3) is 3.14. The summed E-state index contributed by atoms with van der Waals surface area (Å²) in [6.07, 6.45) is 0. The van der Waals surface area contributed by atoms with E-state index in [0.717, 1.165) is 5.69 Å². The van der Waals surface area contributed by atoms with Gasteiger partial charge in [-0.1, -0.05) is 11.3 Å². The van der Waals surface area contributed by atoms with Gasteiger partial charge in [0.1, 0.15) is 23.6 Å². The Balaban J connectivity index is 1.58. The summed E-state index contributed by atoms with van der Waals surface area (Å²) in [6, 6.07) is 12.5. The molecule has 0 unspecified atom stereocenters. The number of ketones is 1. The maximum atomic E-state index is 13.2. The summed E-state index contributed by atoms with van der Waals surface area (Å²) in [6.45, 7) is 2.22. The highest BCUT2D eigenvalue weighted by Gasteiger charge is 2.28. The largest absolute Gasteiger partial charge is 0.497 e. The third-order valence-corrected chi connectivity index (χ3v) is 6.50. The Kier molecular flexibility index (Phi) is 4.48. The molecule has 2 aromatic carbocycles. The van der Waals surface area contributed by atoms with Crippen LogP contribution < -0.4 is 29.8 Å². The maximum absolute atomic E-state index is 13.2. The predicted molar refractivity (Wildman–Crippen MR) is 117 cm³/mol. The molecule has 0 saturated heterocycles. The van der Waals surface area contributed by atoms with Gasteiger partial charge in [-0.05, 0) is 49.4 Å². The smallest absolute Gasteiger partial charge is 0.272 e. The number of benzene rings is 2. The van der Waals surface area contributed by atoms with Crippen molar-refractivity contribution in [3.8, 4) is 5.75 Å². The van der Waals surface area contributed by atoms with E-state index in [1.807, 2.05) is 17.0 Å². The van der Waals surface area contributed by atoms with Crippen molar-refractivity contribution in [3.63, 3.8) is 0 Å². The van der Waals surface area contributed by atoms with E-state index in [4.69, 9.17) is 4.74 Å². The number of fused-ring (bicyclic) bond motifs is 2. The Morgan fingerprint density at radius 2 is 1.94 bits per heavy atom. The number of thiazole rings is 1. The lowest BCUT2D eigenvalue weighted by Gasteiger charge is -2.25. The summed E-state index contributed by atoms with van der Waals surface area (Å²) in [7, 11) is 1.56. The molecule has 5 rings (SSSR count). The lowest BCUT2D eigenvalue weighted by atomic mass is 10.1. The molecule has 156 valence electrons. The minimum Gasteiger partial charge on any atom is -0.497 e. The Labute approximate surface area is 180 Å². The molecule has 3 aromatic rings. The minimum absolute atomic E-state index is 0.000333. The molecule has 0 fully saturated rings. The Morgan fingerprint density at radius 1 is 1.16 bits per heavy atom. The van der Waals surface area contributed by atoms with Gasteiger partial charge in [0.05, 0.1) is 12.7 Å². The van der Waals surface area contributed by atoms with Crippen LogP contribution in [-0.2, 0) is 11.5 Å². The van der Waals surface area contributed by atoms with Crippen LogP contribution in [0.3, 0.4) is 0 Å². The van der Waals surface area contributed by atoms with E-state index < -0.39 is 0 Å². The summed E-state index contributed by atoms with van der Waals surface area (Å²) in [5.74, 6) is 0.301. The molecule has 0 radical (unpaired) electrons. The average molecular weight is 434 g/mol. The molecular formula is C22H18N4O4S. The molecule has 0 saturated carbocycles. The monoisotopic (exact) mass is 434 g/mol. The van der Waals surface area contributed by atoms with Gasteiger partial charge in [-0.15, -0.1) is 0 Å². The number of hydrogen-bond donors (Lipinski definition) is 1. The number of hydrogen-bond acceptors (Lipinski definition) is 7. The molecule has 0 atom stereocenters. The SMILES string of the molecule is COc1ccc2c(c1)/C(=c1/sc3n(c1=O)CN(c1ccc(C(C)=O)cc1)CN=3)C(=O)N2. The van der Waals surface area contributed by atoms with Gasteiger partial charge in [0.2, 0.25) is 0 Å². The first-order chi connectivity index (χ1) is 15.0. The quantitative estimate of drug-likeness (QED) is 0.628. The molecule has 0 bridgehead atoms. The van der Waals surface area contributed by atoms with Crippen LogP contribution in [0.5, 0.6) is 5.75 Å². The number of carbonyl (C=O) groups excluding carboxylic acids is 2. The number of nitrogens with zero attached hydrogens (tertiary/aromatic N) is 3. The van der Waals surface area contributed by atoms with E-state index in [1.165, 1.54) is 18.3 Å². The summed E-state index contributed by atoms with van der Waals surface area (Å²) >= 11 is 1.22. The number of amides is 1. The molecule has 1 amide bonds. The second-order valence-corrected chi connectivity index (χ2v) is 8.25. The first-order valence-corrected chi connectivity index (χ1v) is 10.4. The van der Waals surface area contributed by atoms with E-state index in [-0.39, 0.29) is 17.2 Å². The van der Waals surface area contributed by atoms with Crippen LogP contribution in [0.4, 0.5) is 11.4 Å². The molecule has 3 heterocycles. The minimum atomic E-state index is -0.309. The van der Waals surface area contributed by atoms with Crippen LogP contribution in [0, 0.1) is 0 Å². The van der Waals surface area contributed by atoms with Crippen molar-refractivity contribution in [1.82, 2.24) is 4.57 Å². The number of methoxy groups -OCH3 is 1. The molecule has 2 aliphatic heterocycles. The first-order valence-electron chi connectivity index (χ1n) is 9.60. The molecule has 8 nitrogen and oxygen atoms in total. The standard InChI is InChI=1S/C22H18N4O4S/c1-12(27)13-3-5-14(6-4-13)25-10-23-22-26(11-25)21(29)19(31-22)18-16-9-15(30-2)7-8-17(16)24-20(18)28/h3-9H,10-11H2,1-2H3,(H,24,28)/b19-18-. The van der Waals surface area contributed by atoms with Gasteiger partial charge in [-0.3, -0.25) is 19.0 Å². The Morgan fingerprint density at radius 3 is 2.65 bits per heavy atom. The summed E-state index contributed by atoms with van der Waals surface area (Å²) in [5.41, 5.74) is 2.89. The van der Waals surface area contributed by atoms with Crippen LogP contribution in [0.15, 0.2) is 52.3 Å². The summed E-state index contributed by atoms with van der Waals surface area (Å²) in [5, 5.41) is 2.81. The molecule has 2 aliphatic rings. The van der Waals surface area contributed by atoms with Gasteiger partial charge in [0, 0.05) is 22.5 Å². The molecule has 1 N–H and O–H groups in total. The van der Waals surface area contributed by atoms with E-state index in [1.54, 1.807) is 42.0 Å². The fourth-order valence-corrected chi connectivity index (χ4v) is 4.79. The fourth-order valence-electron chi connectivity index (χ4n) is 3.73. The number of nitrogens with one attached hydrogen (secondary N) is 1. The van der Waals surface area contributed by atoms with Crippen molar-refractivity contribution < 1.29 is 14.3 Å². The number of Topliss-reactive ketones (excluding diaryl/α,β-unsaturated/α-hetero) is 1. The van der Waals surface area contributed by atoms with E-state index in [0.29, 0.717) is 50.8 Å². The number of rotatable bonds is 3. The zero-order valence-corrected chi connectivity index (χ0v) is 17.7. The lowest BCUT2D eigenvalue weighted by Crippen LogP contribution is -2.43. The zero-order chi connectivity index (χ0) is 21.7. The second-order valence-electron chi connectivity index (χ2n) is 7.27. The number of aromatic nitrogens is 1. The molecule has 31 heavy (non-hydrogen) atoms. The topological polar surface area (TPSA) is 93.0 Å². The first kappa shape index (κ1) is 19.3. The highest BCUT2D eigenvalue weighted by Crippen LogP contribution is 2.33. The van der Waals surface area contributed by atoms with Gasteiger partial charge >= 0.3 is 0 Å². The van der Waals surface area contributed by atoms with Crippen LogP contribution in [0.25, 0.3) is 5.57 Å². The zero-order valence-electron chi connectivity index (χ0n) is 16.8. The van der Waals surface area contributed by atoms with Crippen molar-refractivity contribution >= 4 is 40.0 Å². The van der Waals surface area contributed by atoms with Crippen molar-refractivity contribution in [3.05, 3.63) is 73.3 Å². The van der Waals surface area contributed by atoms with Gasteiger partial charge < -0.3 is 15.0 Å². The van der Waals surface area contributed by atoms with E-state index >= 15 is 0 Å². The molecule has 0 aliphatic carbocycles. The highest BCUT2D eigenvalue weighted by molar-refractivity contribution is 7.07. The van der Waals surface area contributed by atoms with Crippen molar-refractivity contribution in [1.29, 1.82) is 0 Å². The molecule has 0 spiro atoms. The maximum Gasteiger partial charge on any atom is 0.272 e. The number of anilines is 2. The highest BCUT2D eigenvalue weighted by atomic mass is 32.1. The van der Waals surface area contributed by atoms with Crippen molar-refractivity contribution in [2.24, 2.45) is 4.99 Å². The third-order valence-electron chi connectivity index (χ3n) is 5.39. The lowest BCUT2D eigenvalue weighted by molar-refractivity contribution is -0.110. The molecule has 9 heteroatoms. The van der Waals surface area contributed by atoms with Gasteiger partial charge in [0.25, 0.3) is 11.5 Å². The number of carbonyl (C=O) groups is 2. The van der Waals surface area contributed by atoms with Crippen molar-refractivity contribution in [2.75, 3.05) is 24.0 Å². The van der Waals surface area contributed by atoms with Crippen LogP contribution in [0.1, 0.15) is 22.8 Å². The number of ether oxygens (including phenoxy) is 1. The normalized spacial score (nSPS) is 16.3. The molecular weight excluding hydrogens is 416 g/mol. The van der Waals surface area contributed by atoms with Crippen molar-refractivity contribution in [2.45, 2.75) is 13.6 Å². The molecule has 1 aromatic heterocycles. The summed E-state index contributed by atoms with van der Waals surface area (Å²) < 4.78 is 7.21. The summed E-state index contributed by atoms with van der Waals surface area (Å²) in [4.78, 5) is 44.5. The van der Waals surface area contributed by atoms with Crippen LogP contribution >= 0.6 is 11.3 Å². The van der Waals surface area contributed by atoms with Gasteiger partial charge in [-0.2, -0.15) is 0 Å². The predicted octanol–water partition coefficient (Wildman–Crippen LogP) is 1.33. The van der Waals surface area contributed by atoms with E-state index in [9.17, 15) is 14.4 Å². The van der Waals surface area contributed by atoms with Crippen LogP contribution in [-0.4, -0.2) is 30.0 Å². The Hall–Kier alpha value is -3.72. The van der Waals surface area contributed by atoms with Gasteiger partial charge in [-0.25, -0.2) is 4.99 Å². The Bertz CT molecular complexity index is 1420. The average Bonchev–Trinajstić information content (AvgIpc) is 3.28. The second kappa shape index (κ2) is 7.21. The van der Waals surface area contributed by atoms with Crippen LogP contribution in [0.2, 0.25) is 0 Å². The van der Waals surface area contributed by atoms with E-state index in [2.05, 4.69) is 10.3 Å². The fraction of sp³-hybridized carbons (Fsp3) is 0.182. The van der Waals surface area contributed by atoms with Gasteiger partial charge in [0.15, 0.2) is 10.6 Å².